The largest absolute Gasteiger partial charge is 0.493 e. The molecular weight excluding hydrogens is 184 g/mol. The highest BCUT2D eigenvalue weighted by Gasteiger charge is 2.25. The summed E-state index contributed by atoms with van der Waals surface area (Å²) in [5, 5.41) is 12.7. The van der Waals surface area contributed by atoms with E-state index in [1.165, 1.54) is 5.01 Å². The maximum Gasteiger partial charge on any atom is 0.210 e. The summed E-state index contributed by atoms with van der Waals surface area (Å²) in [6.07, 6.45) is 3.34. The summed E-state index contributed by atoms with van der Waals surface area (Å²) in [6.45, 7) is 2.22. The Morgan fingerprint density at radius 3 is 3.14 bits per heavy atom. The summed E-state index contributed by atoms with van der Waals surface area (Å²) in [6, 6.07) is 0. The van der Waals surface area contributed by atoms with Crippen molar-refractivity contribution in [2.45, 2.75) is 6.92 Å². The highest BCUT2D eigenvalue weighted by molar-refractivity contribution is 5.94. The molecule has 0 saturated heterocycles. The first-order valence-electron chi connectivity index (χ1n) is 4.20. The molecule has 2 aliphatic heterocycles. The molecule has 0 unspecified atom stereocenters. The summed E-state index contributed by atoms with van der Waals surface area (Å²) < 4.78 is 4.94. The van der Waals surface area contributed by atoms with Crippen molar-refractivity contribution in [1.29, 1.82) is 0 Å². The molecule has 6 heteroatoms. The molecule has 0 amide bonds. The Morgan fingerprint density at radius 2 is 2.43 bits per heavy atom. The molecule has 76 valence electrons. The first kappa shape index (κ1) is 9.04. The van der Waals surface area contributed by atoms with Crippen LogP contribution in [-0.2, 0) is 4.74 Å². The number of allylic oxidation sites excluding steroid dienone is 1. The molecule has 0 saturated carbocycles. The average molecular weight is 196 g/mol. The zero-order chi connectivity index (χ0) is 10.1. The summed E-state index contributed by atoms with van der Waals surface area (Å²) >= 11 is 0. The van der Waals surface area contributed by atoms with Gasteiger partial charge >= 0.3 is 0 Å². The van der Waals surface area contributed by atoms with Crippen LogP contribution in [0.2, 0.25) is 0 Å². The second kappa shape index (κ2) is 3.32. The molecule has 0 radical (unpaired) electrons. The van der Waals surface area contributed by atoms with Crippen molar-refractivity contribution in [3.63, 3.8) is 0 Å². The number of hydrogen-bond donors (Lipinski definition) is 2. The normalized spacial score (nSPS) is 20.3. The summed E-state index contributed by atoms with van der Waals surface area (Å²) in [4.78, 5) is 4.23. The predicted molar refractivity (Wildman–Crippen MR) is 50.6 cm³/mol. The fourth-order valence-corrected chi connectivity index (χ4v) is 1.32. The predicted octanol–water partition coefficient (Wildman–Crippen LogP) is 0.300. The number of nitrogens with one attached hydrogen (secondary N) is 1. The minimum atomic E-state index is 0.127. The smallest absolute Gasteiger partial charge is 0.210 e. The lowest BCUT2D eigenvalue weighted by Crippen LogP contribution is -2.41. The Labute approximate surface area is 81.7 Å². The van der Waals surface area contributed by atoms with Crippen molar-refractivity contribution in [3.8, 4) is 0 Å². The van der Waals surface area contributed by atoms with Crippen LogP contribution < -0.4 is 5.53 Å². The lowest BCUT2D eigenvalue weighted by Gasteiger charge is -2.23. The molecule has 0 atom stereocenters. The number of aliphatic imine (C=N–C) groups is 1. The van der Waals surface area contributed by atoms with Gasteiger partial charge in [0.1, 0.15) is 6.73 Å². The average Bonchev–Trinajstić information content (AvgIpc) is 2.48. The molecule has 0 aromatic heterocycles. The lowest BCUT2D eigenvalue weighted by atomic mass is 10.3. The van der Waals surface area contributed by atoms with Gasteiger partial charge in [-0.2, -0.15) is 0 Å². The van der Waals surface area contributed by atoms with Crippen molar-refractivity contribution in [3.05, 3.63) is 24.0 Å². The van der Waals surface area contributed by atoms with E-state index in [-0.39, 0.29) is 5.88 Å². The Bertz CT molecular complexity index is 334. The highest BCUT2D eigenvalue weighted by atomic mass is 16.5. The van der Waals surface area contributed by atoms with Gasteiger partial charge in [-0.3, -0.25) is 5.01 Å². The fourth-order valence-electron chi connectivity index (χ4n) is 1.32. The Kier molecular flexibility index (Phi) is 2.14. The van der Waals surface area contributed by atoms with Crippen LogP contribution in [0.5, 0.6) is 0 Å². The second-order valence-electron chi connectivity index (χ2n) is 3.07. The van der Waals surface area contributed by atoms with Crippen LogP contribution in [0.15, 0.2) is 29.0 Å². The van der Waals surface area contributed by atoms with E-state index >= 15 is 0 Å². The van der Waals surface area contributed by atoms with Gasteiger partial charge in [0.15, 0.2) is 5.82 Å². The van der Waals surface area contributed by atoms with Crippen molar-refractivity contribution in [2.75, 3.05) is 13.8 Å². The van der Waals surface area contributed by atoms with E-state index in [1.54, 1.807) is 24.4 Å². The zero-order valence-corrected chi connectivity index (χ0v) is 8.06. The molecule has 0 bridgehead atoms. The molecule has 0 aliphatic carbocycles. The van der Waals surface area contributed by atoms with Crippen molar-refractivity contribution in [1.82, 2.24) is 15.6 Å². The Morgan fingerprint density at radius 1 is 1.64 bits per heavy atom. The number of fused-ring (bicyclic) bond motifs is 1. The van der Waals surface area contributed by atoms with E-state index in [9.17, 15) is 5.11 Å². The van der Waals surface area contributed by atoms with Gasteiger partial charge < -0.3 is 9.84 Å². The quantitative estimate of drug-likeness (QED) is 0.665. The number of rotatable bonds is 2. The molecule has 6 nitrogen and oxygen atoms in total. The third-order valence-electron chi connectivity index (χ3n) is 1.86. The van der Waals surface area contributed by atoms with Crippen molar-refractivity contribution >= 4 is 5.71 Å². The van der Waals surface area contributed by atoms with Crippen LogP contribution in [0.3, 0.4) is 0 Å². The molecule has 2 heterocycles. The number of hydrazine groups is 2. The molecule has 2 rings (SSSR count). The third kappa shape index (κ3) is 1.45. The van der Waals surface area contributed by atoms with Gasteiger partial charge in [0.05, 0.1) is 6.20 Å². The number of aliphatic hydroxyl groups excluding tert-OH is 1. The second-order valence-corrected chi connectivity index (χ2v) is 3.07. The maximum atomic E-state index is 9.57. The molecule has 14 heavy (non-hydrogen) atoms. The number of methoxy groups -OCH3 is 1. The number of aliphatic hydroxyl groups is 1. The first-order valence-corrected chi connectivity index (χ1v) is 4.20. The van der Waals surface area contributed by atoms with Gasteiger partial charge in [-0.1, -0.05) is 0 Å². The number of nitrogens with zero attached hydrogens (tertiary/aromatic N) is 3. The monoisotopic (exact) mass is 196 g/mol. The van der Waals surface area contributed by atoms with Crippen LogP contribution in [-0.4, -0.2) is 34.7 Å². The van der Waals surface area contributed by atoms with Crippen molar-refractivity contribution in [2.24, 2.45) is 4.99 Å². The summed E-state index contributed by atoms with van der Waals surface area (Å²) in [5.74, 6) is 0.780. The summed E-state index contributed by atoms with van der Waals surface area (Å²) in [7, 11) is 1.60. The van der Waals surface area contributed by atoms with Crippen LogP contribution in [0.1, 0.15) is 6.92 Å². The SMILES string of the molecule is COCN1C=C2N=C(C)C=C(O)N2N1. The van der Waals surface area contributed by atoms with Gasteiger partial charge in [0.2, 0.25) is 5.88 Å². The van der Waals surface area contributed by atoms with Gasteiger partial charge in [0.25, 0.3) is 0 Å². The summed E-state index contributed by atoms with van der Waals surface area (Å²) in [5.41, 5.74) is 3.66. The Hall–Kier alpha value is -1.53. The molecule has 0 aromatic carbocycles. The molecule has 0 aromatic rings. The van der Waals surface area contributed by atoms with Crippen molar-refractivity contribution < 1.29 is 9.84 Å². The van der Waals surface area contributed by atoms with E-state index in [1.807, 2.05) is 6.92 Å². The number of hydrogen-bond acceptors (Lipinski definition) is 6. The Balaban J connectivity index is 2.19. The molecule has 2 N–H and O–H groups in total. The van der Waals surface area contributed by atoms with Crippen LogP contribution >= 0.6 is 0 Å². The minimum Gasteiger partial charge on any atom is -0.493 e. The standard InChI is InChI=1S/C8H12N4O2/c1-6-3-8(13)12-7(9-6)4-11(10-12)5-14-2/h3-4,10,13H,5H2,1-2H3. The third-order valence-corrected chi connectivity index (χ3v) is 1.86. The highest BCUT2D eigenvalue weighted by Crippen LogP contribution is 2.20. The lowest BCUT2D eigenvalue weighted by molar-refractivity contribution is 0.0193. The molecule has 0 spiro atoms. The van der Waals surface area contributed by atoms with E-state index in [0.29, 0.717) is 12.6 Å². The van der Waals surface area contributed by atoms with Gasteiger partial charge in [-0.15, -0.1) is 5.53 Å². The number of ether oxygens (including phenoxy) is 1. The topological polar surface area (TPSA) is 60.3 Å². The maximum absolute atomic E-state index is 9.57. The first-order chi connectivity index (χ1) is 6.70. The van der Waals surface area contributed by atoms with E-state index in [4.69, 9.17) is 4.74 Å². The van der Waals surface area contributed by atoms with E-state index < -0.39 is 0 Å². The molecular formula is C8H12N4O2. The minimum absolute atomic E-state index is 0.127. The fraction of sp³-hybridized carbons (Fsp3) is 0.375. The van der Waals surface area contributed by atoms with Crippen LogP contribution in [0.4, 0.5) is 0 Å². The molecule has 2 aliphatic rings. The van der Waals surface area contributed by atoms with Gasteiger partial charge in [-0.25, -0.2) is 10.0 Å². The van der Waals surface area contributed by atoms with Gasteiger partial charge in [0, 0.05) is 18.9 Å². The van der Waals surface area contributed by atoms with E-state index in [2.05, 4.69) is 10.5 Å². The van der Waals surface area contributed by atoms with Gasteiger partial charge in [-0.05, 0) is 6.92 Å². The molecule has 0 fully saturated rings. The zero-order valence-electron chi connectivity index (χ0n) is 8.06. The van der Waals surface area contributed by atoms with Crippen LogP contribution in [0, 0.1) is 0 Å². The van der Waals surface area contributed by atoms with E-state index in [0.717, 1.165) is 5.71 Å². The van der Waals surface area contributed by atoms with Crippen LogP contribution in [0.25, 0.3) is 0 Å².